The molecule has 0 heterocycles. The maximum atomic E-state index is 12.5. The molecule has 21 heavy (non-hydrogen) atoms. The van der Waals surface area contributed by atoms with Gasteiger partial charge in [0.15, 0.2) is 0 Å². The minimum Gasteiger partial charge on any atom is -0.497 e. The molecule has 0 bridgehead atoms. The van der Waals surface area contributed by atoms with Gasteiger partial charge in [-0.2, -0.15) is 11.8 Å². The zero-order chi connectivity index (χ0) is 16.1. The molecule has 0 unspecified atom stereocenters. The first-order valence-electron chi connectivity index (χ1n) is 6.67. The van der Waals surface area contributed by atoms with Gasteiger partial charge in [-0.05, 0) is 56.8 Å². The minimum absolute atomic E-state index is 0.159. The average molecular weight is 332 g/mol. The summed E-state index contributed by atoms with van der Waals surface area (Å²) in [5.74, 6) is 0.627. The van der Waals surface area contributed by atoms with Crippen LogP contribution in [0.25, 0.3) is 0 Å². The molecule has 0 aromatic heterocycles. The van der Waals surface area contributed by atoms with Gasteiger partial charge >= 0.3 is 0 Å². The maximum Gasteiger partial charge on any atom is 0.240 e. The van der Waals surface area contributed by atoms with Crippen LogP contribution in [-0.2, 0) is 16.4 Å². The van der Waals surface area contributed by atoms with Crippen LogP contribution in [0.3, 0.4) is 0 Å². The van der Waals surface area contributed by atoms with E-state index in [4.69, 9.17) is 10.5 Å². The first kappa shape index (κ1) is 18.3. The van der Waals surface area contributed by atoms with Crippen LogP contribution in [0.15, 0.2) is 23.1 Å². The van der Waals surface area contributed by atoms with E-state index < -0.39 is 10.0 Å². The lowest BCUT2D eigenvalue weighted by molar-refractivity contribution is 0.413. The van der Waals surface area contributed by atoms with Crippen LogP contribution < -0.4 is 15.2 Å². The van der Waals surface area contributed by atoms with E-state index in [2.05, 4.69) is 4.72 Å². The molecule has 0 fully saturated rings. The van der Waals surface area contributed by atoms with Gasteiger partial charge < -0.3 is 10.5 Å². The van der Waals surface area contributed by atoms with Gasteiger partial charge in [0.25, 0.3) is 0 Å². The fourth-order valence-corrected chi connectivity index (χ4v) is 3.48. The SMILES string of the molecule is COc1ccc(S(=O)(=O)NCC(C)(C)SC)c(CCN)c1. The lowest BCUT2D eigenvalue weighted by Crippen LogP contribution is -2.36. The molecule has 0 aliphatic rings. The quantitative estimate of drug-likeness (QED) is 0.756. The standard InChI is InChI=1S/C14H24N2O3S2/c1-14(2,20-4)10-16-21(17,18)13-6-5-12(19-3)9-11(13)7-8-15/h5-6,9,16H,7-8,10,15H2,1-4H3. The lowest BCUT2D eigenvalue weighted by atomic mass is 10.1. The van der Waals surface area contributed by atoms with Crippen molar-refractivity contribution in [3.05, 3.63) is 23.8 Å². The molecular weight excluding hydrogens is 308 g/mol. The Morgan fingerprint density at radius 1 is 1.38 bits per heavy atom. The molecule has 0 atom stereocenters. The number of thioether (sulfide) groups is 1. The first-order chi connectivity index (χ1) is 9.75. The molecule has 0 aliphatic heterocycles. The van der Waals surface area contributed by atoms with Gasteiger partial charge in [-0.25, -0.2) is 13.1 Å². The highest BCUT2D eigenvalue weighted by Gasteiger charge is 2.23. The largest absolute Gasteiger partial charge is 0.497 e. The van der Waals surface area contributed by atoms with Crippen molar-refractivity contribution in [3.8, 4) is 5.75 Å². The van der Waals surface area contributed by atoms with Gasteiger partial charge in [0, 0.05) is 11.3 Å². The second kappa shape index (κ2) is 7.49. The summed E-state index contributed by atoms with van der Waals surface area (Å²) in [6.07, 6.45) is 2.45. The Hall–Kier alpha value is -0.760. The van der Waals surface area contributed by atoms with Crippen LogP contribution in [0.4, 0.5) is 0 Å². The smallest absolute Gasteiger partial charge is 0.240 e. The molecule has 0 saturated carbocycles. The molecule has 5 nitrogen and oxygen atoms in total. The summed E-state index contributed by atoms with van der Waals surface area (Å²) in [7, 11) is -2.01. The zero-order valence-electron chi connectivity index (χ0n) is 13.0. The zero-order valence-corrected chi connectivity index (χ0v) is 14.6. The number of hydrogen-bond donors (Lipinski definition) is 2. The normalized spacial score (nSPS) is 12.4. The molecule has 0 spiro atoms. The number of ether oxygens (including phenoxy) is 1. The van der Waals surface area contributed by atoms with Crippen LogP contribution in [0, 0.1) is 0 Å². The number of nitrogens with two attached hydrogens (primary N) is 1. The number of sulfonamides is 1. The summed E-state index contributed by atoms with van der Waals surface area (Å²) in [5, 5.41) is 0. The second-order valence-electron chi connectivity index (χ2n) is 5.30. The Labute approximate surface area is 131 Å². The summed E-state index contributed by atoms with van der Waals surface area (Å²) >= 11 is 1.62. The van der Waals surface area contributed by atoms with Crippen molar-refractivity contribution >= 4 is 21.8 Å². The molecule has 0 radical (unpaired) electrons. The molecule has 1 aromatic rings. The Kier molecular flexibility index (Phi) is 6.52. The predicted molar refractivity (Wildman–Crippen MR) is 88.5 cm³/mol. The third kappa shape index (κ3) is 5.18. The summed E-state index contributed by atoms with van der Waals surface area (Å²) in [5.41, 5.74) is 6.24. The van der Waals surface area contributed by atoms with E-state index in [-0.39, 0.29) is 9.64 Å². The predicted octanol–water partition coefficient (Wildman–Crippen LogP) is 1.62. The van der Waals surface area contributed by atoms with E-state index in [0.717, 1.165) is 0 Å². The summed E-state index contributed by atoms with van der Waals surface area (Å²) in [4.78, 5) is 0.269. The third-order valence-corrected chi connectivity index (χ3v) is 5.96. The van der Waals surface area contributed by atoms with Crippen LogP contribution in [0.1, 0.15) is 19.4 Å². The fraction of sp³-hybridized carbons (Fsp3) is 0.571. The monoisotopic (exact) mass is 332 g/mol. The number of benzene rings is 1. The summed E-state index contributed by atoms with van der Waals surface area (Å²) in [6.45, 7) is 4.74. The van der Waals surface area contributed by atoms with Gasteiger partial charge in [0.05, 0.1) is 12.0 Å². The van der Waals surface area contributed by atoms with E-state index in [1.54, 1.807) is 37.1 Å². The molecule has 0 saturated heterocycles. The topological polar surface area (TPSA) is 81.4 Å². The molecule has 0 amide bonds. The van der Waals surface area contributed by atoms with Crippen molar-refractivity contribution < 1.29 is 13.2 Å². The van der Waals surface area contributed by atoms with Crippen molar-refractivity contribution in [2.24, 2.45) is 5.73 Å². The van der Waals surface area contributed by atoms with Crippen molar-refractivity contribution in [1.29, 1.82) is 0 Å². The Bertz CT molecular complexity index is 572. The number of nitrogens with one attached hydrogen (secondary N) is 1. The Morgan fingerprint density at radius 3 is 2.57 bits per heavy atom. The number of rotatable bonds is 8. The highest BCUT2D eigenvalue weighted by atomic mass is 32.2. The van der Waals surface area contributed by atoms with Crippen LogP contribution >= 0.6 is 11.8 Å². The van der Waals surface area contributed by atoms with Gasteiger partial charge in [-0.1, -0.05) is 0 Å². The molecule has 0 aliphatic carbocycles. The molecule has 7 heteroatoms. The Balaban J connectivity index is 3.07. The van der Waals surface area contributed by atoms with Gasteiger partial charge in [-0.3, -0.25) is 0 Å². The van der Waals surface area contributed by atoms with Gasteiger partial charge in [0.1, 0.15) is 5.75 Å². The number of methoxy groups -OCH3 is 1. The third-order valence-electron chi connectivity index (χ3n) is 3.21. The van der Waals surface area contributed by atoms with Crippen molar-refractivity contribution in [1.82, 2.24) is 4.72 Å². The van der Waals surface area contributed by atoms with E-state index in [0.29, 0.717) is 30.8 Å². The van der Waals surface area contributed by atoms with Gasteiger partial charge in [-0.15, -0.1) is 0 Å². The maximum absolute atomic E-state index is 12.5. The van der Waals surface area contributed by atoms with Crippen molar-refractivity contribution in [2.45, 2.75) is 29.9 Å². The van der Waals surface area contributed by atoms with E-state index in [1.165, 1.54) is 0 Å². The summed E-state index contributed by atoms with van der Waals surface area (Å²) < 4.78 is 32.6. The highest BCUT2D eigenvalue weighted by Crippen LogP contribution is 2.24. The Morgan fingerprint density at radius 2 is 2.05 bits per heavy atom. The molecule has 1 rings (SSSR count). The van der Waals surface area contributed by atoms with Crippen molar-refractivity contribution in [3.63, 3.8) is 0 Å². The lowest BCUT2D eigenvalue weighted by Gasteiger charge is -2.22. The van der Waals surface area contributed by atoms with Crippen LogP contribution in [0.5, 0.6) is 5.75 Å². The molecule has 1 aromatic carbocycles. The van der Waals surface area contributed by atoms with E-state index in [1.807, 2.05) is 20.1 Å². The summed E-state index contributed by atoms with van der Waals surface area (Å²) in [6, 6.07) is 4.94. The molecule has 120 valence electrons. The van der Waals surface area contributed by atoms with Gasteiger partial charge in [0.2, 0.25) is 10.0 Å². The molecular formula is C14H24N2O3S2. The van der Waals surface area contributed by atoms with E-state index >= 15 is 0 Å². The van der Waals surface area contributed by atoms with Crippen molar-refractivity contribution in [2.75, 3.05) is 26.5 Å². The second-order valence-corrected chi connectivity index (χ2v) is 8.55. The van der Waals surface area contributed by atoms with Crippen LogP contribution in [0.2, 0.25) is 0 Å². The first-order valence-corrected chi connectivity index (χ1v) is 9.38. The average Bonchev–Trinajstić information content (AvgIpc) is 2.45. The fourth-order valence-electron chi connectivity index (χ4n) is 1.71. The molecule has 3 N–H and O–H groups in total. The minimum atomic E-state index is -3.56. The van der Waals surface area contributed by atoms with Crippen LogP contribution in [-0.4, -0.2) is 39.6 Å². The van der Waals surface area contributed by atoms with E-state index in [9.17, 15) is 8.42 Å². The number of hydrogen-bond acceptors (Lipinski definition) is 5. The highest BCUT2D eigenvalue weighted by molar-refractivity contribution is 8.00.